The van der Waals surface area contributed by atoms with E-state index in [4.69, 9.17) is 22.7 Å². The van der Waals surface area contributed by atoms with Gasteiger partial charge in [0.05, 0.1) is 6.61 Å². The molecule has 1 aliphatic carbocycles. The first-order chi connectivity index (χ1) is 10.2. The molecule has 1 fully saturated rings. The number of thiocarbonyl (C=S) groups is 1. The van der Waals surface area contributed by atoms with E-state index in [9.17, 15) is 0 Å². The number of ether oxygens (including phenoxy) is 1. The van der Waals surface area contributed by atoms with Gasteiger partial charge in [0.25, 0.3) is 0 Å². The fraction of sp³-hybridized carbons (Fsp3) is 0.588. The molecule has 0 bridgehead atoms. The maximum Gasteiger partial charge on any atom is 0.119 e. The number of rotatable bonds is 8. The van der Waals surface area contributed by atoms with Crippen molar-refractivity contribution in [1.29, 1.82) is 0 Å². The molecule has 4 heteroatoms. The van der Waals surface area contributed by atoms with Crippen LogP contribution in [-0.2, 0) is 0 Å². The number of benzene rings is 1. The molecule has 1 aliphatic rings. The largest absolute Gasteiger partial charge is 0.494 e. The van der Waals surface area contributed by atoms with Gasteiger partial charge in [-0.05, 0) is 50.1 Å². The summed E-state index contributed by atoms with van der Waals surface area (Å²) >= 11 is 4.94. The Bertz CT molecular complexity index is 441. The quantitative estimate of drug-likeness (QED) is 0.590. The van der Waals surface area contributed by atoms with E-state index in [1.807, 2.05) is 24.3 Å². The highest BCUT2D eigenvalue weighted by atomic mass is 32.1. The highest BCUT2D eigenvalue weighted by Gasteiger charge is 2.20. The van der Waals surface area contributed by atoms with Crippen molar-refractivity contribution in [3.8, 4) is 5.75 Å². The third-order valence-electron chi connectivity index (χ3n) is 4.24. The highest BCUT2D eigenvalue weighted by Crippen LogP contribution is 2.23. The van der Waals surface area contributed by atoms with E-state index in [2.05, 4.69) is 11.8 Å². The van der Waals surface area contributed by atoms with Crippen molar-refractivity contribution in [2.45, 2.75) is 45.1 Å². The molecular formula is C17H26N2OS. The van der Waals surface area contributed by atoms with Crippen LogP contribution in [0.25, 0.3) is 0 Å². The second-order valence-corrected chi connectivity index (χ2v) is 6.10. The molecule has 1 aromatic rings. The van der Waals surface area contributed by atoms with Crippen LogP contribution in [0.4, 0.5) is 0 Å². The molecule has 116 valence electrons. The Balaban J connectivity index is 1.69. The number of nitrogens with two attached hydrogens (primary N) is 1. The summed E-state index contributed by atoms with van der Waals surface area (Å²) in [7, 11) is 0. The molecule has 0 spiro atoms. The van der Waals surface area contributed by atoms with Crippen LogP contribution >= 0.6 is 12.2 Å². The van der Waals surface area contributed by atoms with E-state index in [1.165, 1.54) is 25.7 Å². The fourth-order valence-corrected chi connectivity index (χ4v) is 3.18. The molecule has 1 saturated carbocycles. The third-order valence-corrected chi connectivity index (χ3v) is 4.48. The molecule has 0 radical (unpaired) electrons. The minimum absolute atomic E-state index is 0.428. The Morgan fingerprint density at radius 3 is 2.52 bits per heavy atom. The van der Waals surface area contributed by atoms with Crippen LogP contribution in [0.3, 0.4) is 0 Å². The lowest BCUT2D eigenvalue weighted by Crippen LogP contribution is -2.34. The minimum Gasteiger partial charge on any atom is -0.494 e. The molecule has 0 atom stereocenters. The molecular weight excluding hydrogens is 280 g/mol. The molecule has 0 saturated heterocycles. The Morgan fingerprint density at radius 2 is 1.95 bits per heavy atom. The Hall–Kier alpha value is -1.13. The van der Waals surface area contributed by atoms with E-state index < -0.39 is 0 Å². The predicted molar refractivity (Wildman–Crippen MR) is 91.9 cm³/mol. The maximum absolute atomic E-state index is 5.79. The SMILES string of the molecule is CCN(CCCOc1ccc(C(N)=S)cc1)C1CCCC1. The molecule has 0 aromatic heterocycles. The third kappa shape index (κ3) is 4.97. The van der Waals surface area contributed by atoms with Crippen molar-refractivity contribution in [1.82, 2.24) is 4.90 Å². The maximum atomic E-state index is 5.79. The van der Waals surface area contributed by atoms with Gasteiger partial charge in [0.15, 0.2) is 0 Å². The van der Waals surface area contributed by atoms with Crippen LogP contribution in [0.15, 0.2) is 24.3 Å². The van der Waals surface area contributed by atoms with Crippen LogP contribution in [0.1, 0.15) is 44.6 Å². The summed E-state index contributed by atoms with van der Waals surface area (Å²) in [6.07, 6.45) is 6.60. The first-order valence-electron chi connectivity index (χ1n) is 7.97. The van der Waals surface area contributed by atoms with Gasteiger partial charge in [-0.15, -0.1) is 0 Å². The van der Waals surface area contributed by atoms with Crippen molar-refractivity contribution in [2.75, 3.05) is 19.7 Å². The summed E-state index contributed by atoms with van der Waals surface area (Å²) < 4.78 is 5.79. The van der Waals surface area contributed by atoms with Crippen molar-refractivity contribution in [3.05, 3.63) is 29.8 Å². The second kappa shape index (κ2) is 8.35. The zero-order valence-electron chi connectivity index (χ0n) is 12.9. The predicted octanol–water partition coefficient (Wildman–Crippen LogP) is 3.35. The second-order valence-electron chi connectivity index (χ2n) is 5.66. The minimum atomic E-state index is 0.428. The van der Waals surface area contributed by atoms with E-state index in [1.54, 1.807) is 0 Å². The van der Waals surface area contributed by atoms with Gasteiger partial charge in [-0.1, -0.05) is 32.0 Å². The van der Waals surface area contributed by atoms with E-state index >= 15 is 0 Å². The Morgan fingerprint density at radius 1 is 1.29 bits per heavy atom. The van der Waals surface area contributed by atoms with Crippen molar-refractivity contribution in [2.24, 2.45) is 5.73 Å². The zero-order valence-corrected chi connectivity index (χ0v) is 13.7. The lowest BCUT2D eigenvalue weighted by molar-refractivity contribution is 0.188. The summed E-state index contributed by atoms with van der Waals surface area (Å²) in [4.78, 5) is 3.03. The standard InChI is InChI=1S/C17H26N2OS/c1-2-19(15-6-3-4-7-15)12-5-13-20-16-10-8-14(9-11-16)17(18)21/h8-11,15H,2-7,12-13H2,1H3,(H2,18,21). The topological polar surface area (TPSA) is 38.5 Å². The molecule has 0 amide bonds. The van der Waals surface area contributed by atoms with E-state index in [-0.39, 0.29) is 0 Å². The Labute approximate surface area is 133 Å². The van der Waals surface area contributed by atoms with Crippen molar-refractivity contribution in [3.63, 3.8) is 0 Å². The van der Waals surface area contributed by atoms with Gasteiger partial charge in [-0.3, -0.25) is 0 Å². The average molecular weight is 306 g/mol. The molecule has 2 N–H and O–H groups in total. The first-order valence-corrected chi connectivity index (χ1v) is 8.38. The molecule has 1 aromatic carbocycles. The fourth-order valence-electron chi connectivity index (χ4n) is 3.04. The summed E-state index contributed by atoms with van der Waals surface area (Å²) in [5, 5.41) is 0. The van der Waals surface area contributed by atoms with Gasteiger partial charge in [0.1, 0.15) is 10.7 Å². The first kappa shape index (κ1) is 16.2. The Kier molecular flexibility index (Phi) is 6.46. The van der Waals surface area contributed by atoms with Gasteiger partial charge in [0.2, 0.25) is 0 Å². The summed E-state index contributed by atoms with van der Waals surface area (Å²) in [6, 6.07) is 8.50. The summed E-state index contributed by atoms with van der Waals surface area (Å²) in [6.45, 7) is 5.29. The van der Waals surface area contributed by atoms with Crippen molar-refractivity contribution < 1.29 is 4.74 Å². The van der Waals surface area contributed by atoms with Crippen LogP contribution in [0, 0.1) is 0 Å². The molecule has 2 rings (SSSR count). The average Bonchev–Trinajstić information content (AvgIpc) is 3.02. The van der Waals surface area contributed by atoms with Crippen LogP contribution in [-0.4, -0.2) is 35.6 Å². The number of hydrogen-bond donors (Lipinski definition) is 1. The number of nitrogens with zero attached hydrogens (tertiary/aromatic N) is 1. The van der Waals surface area contributed by atoms with Crippen LogP contribution in [0.5, 0.6) is 5.75 Å². The van der Waals surface area contributed by atoms with Crippen LogP contribution in [0.2, 0.25) is 0 Å². The lowest BCUT2D eigenvalue weighted by Gasteiger charge is -2.27. The summed E-state index contributed by atoms with van der Waals surface area (Å²) in [5.41, 5.74) is 6.46. The zero-order chi connectivity index (χ0) is 15.1. The van der Waals surface area contributed by atoms with Gasteiger partial charge < -0.3 is 15.4 Å². The molecule has 3 nitrogen and oxygen atoms in total. The normalized spacial score (nSPS) is 15.5. The van der Waals surface area contributed by atoms with Crippen molar-refractivity contribution >= 4 is 17.2 Å². The monoisotopic (exact) mass is 306 g/mol. The van der Waals surface area contributed by atoms with Gasteiger partial charge >= 0.3 is 0 Å². The molecule has 0 aliphatic heterocycles. The number of hydrogen-bond acceptors (Lipinski definition) is 3. The van der Waals surface area contributed by atoms with Gasteiger partial charge in [-0.25, -0.2) is 0 Å². The van der Waals surface area contributed by atoms with Crippen LogP contribution < -0.4 is 10.5 Å². The molecule has 0 unspecified atom stereocenters. The van der Waals surface area contributed by atoms with E-state index in [0.29, 0.717) is 4.99 Å². The summed E-state index contributed by atoms with van der Waals surface area (Å²) in [5.74, 6) is 0.888. The van der Waals surface area contributed by atoms with E-state index in [0.717, 1.165) is 43.5 Å². The lowest BCUT2D eigenvalue weighted by atomic mass is 10.2. The van der Waals surface area contributed by atoms with Gasteiger partial charge in [0, 0.05) is 18.2 Å². The van der Waals surface area contributed by atoms with Gasteiger partial charge in [-0.2, -0.15) is 0 Å². The molecule has 21 heavy (non-hydrogen) atoms. The highest BCUT2D eigenvalue weighted by molar-refractivity contribution is 7.80. The smallest absolute Gasteiger partial charge is 0.119 e. The molecule has 0 heterocycles.